The highest BCUT2D eigenvalue weighted by atomic mass is 16.5. The summed E-state index contributed by atoms with van der Waals surface area (Å²) in [6.45, 7) is 5.86. The Morgan fingerprint density at radius 3 is 2.74 bits per heavy atom. The van der Waals surface area contributed by atoms with Gasteiger partial charge in [0.1, 0.15) is 11.9 Å². The summed E-state index contributed by atoms with van der Waals surface area (Å²) in [5.74, 6) is 1.46. The summed E-state index contributed by atoms with van der Waals surface area (Å²) in [5, 5.41) is 3.49. The molecule has 0 aliphatic heterocycles. The van der Waals surface area contributed by atoms with Gasteiger partial charge in [-0.05, 0) is 36.5 Å². The van der Waals surface area contributed by atoms with E-state index in [1.54, 1.807) is 7.11 Å². The van der Waals surface area contributed by atoms with Crippen LogP contribution < -0.4 is 10.1 Å². The molecule has 106 valence electrons. The van der Waals surface area contributed by atoms with E-state index in [-0.39, 0.29) is 6.10 Å². The van der Waals surface area contributed by atoms with E-state index in [9.17, 15) is 0 Å². The Labute approximate surface area is 116 Å². The molecule has 1 N–H and O–H groups in total. The molecule has 0 heterocycles. The zero-order valence-corrected chi connectivity index (χ0v) is 12.2. The molecule has 0 radical (unpaired) electrons. The first-order valence-corrected chi connectivity index (χ1v) is 7.18. The molecule has 1 fully saturated rings. The second kappa shape index (κ2) is 6.92. The molecule has 2 rings (SSSR count). The van der Waals surface area contributed by atoms with Crippen molar-refractivity contribution >= 4 is 0 Å². The van der Waals surface area contributed by atoms with Crippen LogP contribution in [0.5, 0.6) is 5.75 Å². The first-order chi connectivity index (χ1) is 9.19. The highest BCUT2D eigenvalue weighted by Gasteiger charge is 2.22. The molecule has 3 heteroatoms. The summed E-state index contributed by atoms with van der Waals surface area (Å²) in [6.07, 6.45) is 2.67. The van der Waals surface area contributed by atoms with Crippen molar-refractivity contribution in [3.05, 3.63) is 29.8 Å². The van der Waals surface area contributed by atoms with E-state index < -0.39 is 0 Å². The molecule has 3 nitrogen and oxygen atoms in total. The molecule has 1 atom stereocenters. The lowest BCUT2D eigenvalue weighted by molar-refractivity contribution is 0.0803. The molecule has 1 aromatic carbocycles. The van der Waals surface area contributed by atoms with Crippen molar-refractivity contribution in [1.82, 2.24) is 5.32 Å². The summed E-state index contributed by atoms with van der Waals surface area (Å²) in [6, 6.07) is 9.05. The van der Waals surface area contributed by atoms with Gasteiger partial charge in [-0.3, -0.25) is 0 Å². The van der Waals surface area contributed by atoms with Crippen LogP contribution in [0.2, 0.25) is 0 Å². The number of rotatable bonds is 8. The van der Waals surface area contributed by atoms with Crippen LogP contribution in [0.3, 0.4) is 0 Å². The predicted molar refractivity (Wildman–Crippen MR) is 77.8 cm³/mol. The van der Waals surface area contributed by atoms with Gasteiger partial charge in [-0.15, -0.1) is 0 Å². The maximum atomic E-state index is 6.04. The second-order valence-electron chi connectivity index (χ2n) is 5.60. The molecule has 1 aliphatic carbocycles. The Morgan fingerprint density at radius 2 is 2.11 bits per heavy atom. The number of methoxy groups -OCH3 is 1. The van der Waals surface area contributed by atoms with Gasteiger partial charge in [-0.25, -0.2) is 0 Å². The van der Waals surface area contributed by atoms with Gasteiger partial charge in [0.2, 0.25) is 0 Å². The van der Waals surface area contributed by atoms with Crippen molar-refractivity contribution in [3.63, 3.8) is 0 Å². The van der Waals surface area contributed by atoms with E-state index in [0.717, 1.165) is 12.3 Å². The summed E-state index contributed by atoms with van der Waals surface area (Å²) >= 11 is 0. The second-order valence-corrected chi connectivity index (χ2v) is 5.60. The van der Waals surface area contributed by atoms with Gasteiger partial charge in [0.25, 0.3) is 0 Å². The Kier molecular flexibility index (Phi) is 5.23. The van der Waals surface area contributed by atoms with Crippen molar-refractivity contribution in [2.75, 3.05) is 20.3 Å². The lowest BCUT2D eigenvalue weighted by Gasteiger charge is -2.20. The smallest absolute Gasteiger partial charge is 0.134 e. The highest BCUT2D eigenvalue weighted by Crippen LogP contribution is 2.22. The summed E-state index contributed by atoms with van der Waals surface area (Å²) in [7, 11) is 1.72. The van der Waals surface area contributed by atoms with Gasteiger partial charge in [0.15, 0.2) is 0 Å². The first-order valence-electron chi connectivity index (χ1n) is 7.18. The van der Waals surface area contributed by atoms with Gasteiger partial charge in [-0.2, -0.15) is 0 Å². The van der Waals surface area contributed by atoms with E-state index in [1.165, 1.54) is 18.4 Å². The monoisotopic (exact) mass is 263 g/mol. The third-order valence-electron chi connectivity index (χ3n) is 3.39. The molecule has 19 heavy (non-hydrogen) atoms. The Balaban J connectivity index is 1.92. The van der Waals surface area contributed by atoms with E-state index in [4.69, 9.17) is 9.47 Å². The normalized spacial score (nSPS) is 16.6. The van der Waals surface area contributed by atoms with Crippen LogP contribution in [0.4, 0.5) is 0 Å². The predicted octanol–water partition coefficient (Wildman–Crippen LogP) is 2.96. The Bertz CT molecular complexity index is 388. The van der Waals surface area contributed by atoms with Crippen LogP contribution >= 0.6 is 0 Å². The van der Waals surface area contributed by atoms with Crippen LogP contribution in [0, 0.1) is 0 Å². The average Bonchev–Trinajstić information content (AvgIpc) is 3.20. The third kappa shape index (κ3) is 4.84. The van der Waals surface area contributed by atoms with Crippen LogP contribution in [0.25, 0.3) is 0 Å². The van der Waals surface area contributed by atoms with Crippen LogP contribution in [-0.2, 0) is 4.74 Å². The highest BCUT2D eigenvalue weighted by molar-refractivity contribution is 5.30. The van der Waals surface area contributed by atoms with Crippen molar-refractivity contribution in [2.24, 2.45) is 0 Å². The minimum atomic E-state index is 0.0769. The molecule has 1 aromatic rings. The molecule has 1 aliphatic rings. The zero-order chi connectivity index (χ0) is 13.7. The minimum absolute atomic E-state index is 0.0769. The van der Waals surface area contributed by atoms with Crippen molar-refractivity contribution in [2.45, 2.75) is 44.8 Å². The summed E-state index contributed by atoms with van der Waals surface area (Å²) in [5.41, 5.74) is 1.31. The molecular weight excluding hydrogens is 238 g/mol. The first kappa shape index (κ1) is 14.4. The molecule has 0 aromatic heterocycles. The SMILES string of the molecule is COCC(CNC1CC1)Oc1cccc(C(C)C)c1. The van der Waals surface area contributed by atoms with E-state index in [1.807, 2.05) is 6.07 Å². The van der Waals surface area contributed by atoms with Crippen LogP contribution in [0.15, 0.2) is 24.3 Å². The number of hydrogen-bond acceptors (Lipinski definition) is 3. The molecule has 1 saturated carbocycles. The summed E-state index contributed by atoms with van der Waals surface area (Å²) < 4.78 is 11.3. The standard InChI is InChI=1S/C16H25NO2/c1-12(2)13-5-4-6-15(9-13)19-16(11-18-3)10-17-14-7-8-14/h4-6,9,12,14,16-17H,7-8,10-11H2,1-3H3. The van der Waals surface area contributed by atoms with E-state index in [0.29, 0.717) is 18.6 Å². The largest absolute Gasteiger partial charge is 0.487 e. The fraction of sp³-hybridized carbons (Fsp3) is 0.625. The van der Waals surface area contributed by atoms with Gasteiger partial charge < -0.3 is 14.8 Å². The molecule has 0 spiro atoms. The molecule has 1 unspecified atom stereocenters. The lowest BCUT2D eigenvalue weighted by atomic mass is 10.0. The number of ether oxygens (including phenoxy) is 2. The van der Waals surface area contributed by atoms with Crippen LogP contribution in [0.1, 0.15) is 38.2 Å². The average molecular weight is 263 g/mol. The van der Waals surface area contributed by atoms with Crippen molar-refractivity contribution in [3.8, 4) is 5.75 Å². The van der Waals surface area contributed by atoms with Gasteiger partial charge >= 0.3 is 0 Å². The van der Waals surface area contributed by atoms with Crippen molar-refractivity contribution in [1.29, 1.82) is 0 Å². The van der Waals surface area contributed by atoms with Crippen molar-refractivity contribution < 1.29 is 9.47 Å². The molecule has 0 bridgehead atoms. The zero-order valence-electron chi connectivity index (χ0n) is 12.2. The number of benzene rings is 1. The minimum Gasteiger partial charge on any atom is -0.487 e. The maximum absolute atomic E-state index is 6.04. The molecular formula is C16H25NO2. The molecule has 0 amide bonds. The van der Waals surface area contributed by atoms with Gasteiger partial charge in [-0.1, -0.05) is 26.0 Å². The van der Waals surface area contributed by atoms with Crippen LogP contribution in [-0.4, -0.2) is 32.4 Å². The fourth-order valence-electron chi connectivity index (χ4n) is 2.05. The topological polar surface area (TPSA) is 30.5 Å². The number of nitrogens with one attached hydrogen (secondary N) is 1. The summed E-state index contributed by atoms with van der Waals surface area (Å²) in [4.78, 5) is 0. The molecule has 0 saturated heterocycles. The Hall–Kier alpha value is -1.06. The van der Waals surface area contributed by atoms with Gasteiger partial charge in [0, 0.05) is 19.7 Å². The van der Waals surface area contributed by atoms with E-state index >= 15 is 0 Å². The maximum Gasteiger partial charge on any atom is 0.134 e. The number of hydrogen-bond donors (Lipinski definition) is 1. The lowest BCUT2D eigenvalue weighted by Crippen LogP contribution is -2.35. The van der Waals surface area contributed by atoms with E-state index in [2.05, 4.69) is 37.4 Å². The Morgan fingerprint density at radius 1 is 1.32 bits per heavy atom. The van der Waals surface area contributed by atoms with Gasteiger partial charge in [0.05, 0.1) is 6.61 Å². The fourth-order valence-corrected chi connectivity index (χ4v) is 2.05. The third-order valence-corrected chi connectivity index (χ3v) is 3.39. The quantitative estimate of drug-likeness (QED) is 0.782.